The van der Waals surface area contributed by atoms with Gasteiger partial charge in [-0.2, -0.15) is 4.98 Å². The van der Waals surface area contributed by atoms with Crippen LogP contribution in [0.3, 0.4) is 0 Å². The predicted octanol–water partition coefficient (Wildman–Crippen LogP) is -0.945. The van der Waals surface area contributed by atoms with Crippen molar-refractivity contribution in [2.75, 3.05) is 152 Å². The van der Waals surface area contributed by atoms with E-state index in [4.69, 9.17) is 174 Å². The molecular weight excluding hydrogens is 2100 g/mol. The number of nitrogens with zero attached hydrogens (tertiary/aromatic N) is 13. The maximum atomic E-state index is 15.5. The van der Waals surface area contributed by atoms with Crippen molar-refractivity contribution in [3.63, 3.8) is 0 Å². The van der Waals surface area contributed by atoms with Gasteiger partial charge < -0.3 is 136 Å². The quantitative estimate of drug-likeness (QED) is 0.0124. The van der Waals surface area contributed by atoms with Gasteiger partial charge in [-0.05, 0) is 69.5 Å². The Kier molecular flexibility index (Phi) is 38.2. The number of aryl methyl sites for hydroxylation is 4. The first-order valence-electron chi connectivity index (χ1n) is 44.1. The highest BCUT2D eigenvalue weighted by molar-refractivity contribution is 8.44. The van der Waals surface area contributed by atoms with Crippen LogP contribution in [0.4, 0.5) is 17.5 Å². The van der Waals surface area contributed by atoms with Crippen LogP contribution < -0.4 is 56.6 Å². The fourth-order valence-electron chi connectivity index (χ4n) is 16.4. The minimum absolute atomic E-state index is 0.00283. The first-order valence-corrected chi connectivity index (χ1v) is 56.1. The van der Waals surface area contributed by atoms with Crippen molar-refractivity contribution in [2.45, 2.75) is 189 Å². The molecule has 6 aliphatic heterocycles. The van der Waals surface area contributed by atoms with Crippen molar-refractivity contribution in [1.82, 2.24) is 77.2 Å². The first-order chi connectivity index (χ1) is 68.5. The molecule has 14 N–H and O–H groups in total. The number of nitrogen functional groups attached to an aromatic ring is 3. The van der Waals surface area contributed by atoms with Gasteiger partial charge in [0, 0.05) is 89.0 Å². The number of hydrogen-bond acceptors (Lipinski definition) is 49. The fraction of sp³-hybridized carbons (Fsp3) is 0.658. The molecule has 0 amide bonds. The van der Waals surface area contributed by atoms with Crippen LogP contribution >= 0.6 is 47.0 Å². The normalized spacial score (nSPS) is 29.3. The lowest BCUT2D eigenvalue weighted by Gasteiger charge is -2.30. The summed E-state index contributed by atoms with van der Waals surface area (Å²) < 4.78 is 196. The Hall–Kier alpha value is -7.06. The van der Waals surface area contributed by atoms with Gasteiger partial charge in [-0.1, -0.05) is 19.2 Å². The summed E-state index contributed by atoms with van der Waals surface area (Å²) in [7, 11) is 0.922. The van der Waals surface area contributed by atoms with Gasteiger partial charge in [-0.3, -0.25) is 83.9 Å². The van der Waals surface area contributed by atoms with Crippen LogP contribution in [0.1, 0.15) is 79.4 Å². The highest BCUT2D eigenvalue weighted by atomic mass is 32.7. The van der Waals surface area contributed by atoms with Crippen molar-refractivity contribution in [1.29, 1.82) is 0 Å². The van der Waals surface area contributed by atoms with E-state index in [0.29, 0.717) is 0 Å². The number of anilines is 3. The van der Waals surface area contributed by atoms with Crippen LogP contribution in [0.5, 0.6) is 0 Å². The SMILES string of the molecule is CC[C@H]1O[C@@H](n2cc(C)c(=O)[nH]c2=O)CC1OP(O)(=S)OC[C@H]1O[C@@H](n2cc(C)c(N)nc2=O)[C@@H](OCCOC)C1OP(=O)(S)OC[C@H]1O[C@@H](n2cnc3c(N)ncnc32)[C@@H](OCCOC)C1OP(=O)(O)OC[C@H]1O[C@@H](n2cc(C)c(=O)[nH]c2=O)[C@@H](OCCOC)C1OP(O)(=S)OC[C@H]1O[C@@H](n2cnc3c(N)ncnc32)[C@@H](OCCOC)C1OP(O)(=S)OC[C@H]1O[C@@H](n2cc(C)c(=O)[nH]c2=O)[C@@H](OCCOC)C1O. The van der Waals surface area contributed by atoms with E-state index in [1.807, 2.05) is 0 Å². The number of methoxy groups -OCH3 is 5. The Bertz CT molecular complexity index is 6510. The largest absolute Gasteiger partial charge is 0.472 e. The predicted molar refractivity (Wildman–Crippen MR) is 508 cm³/mol. The van der Waals surface area contributed by atoms with Crippen molar-refractivity contribution in [3.05, 3.63) is 145 Å². The van der Waals surface area contributed by atoms with E-state index in [-0.39, 0.29) is 141 Å². The molecular formula is C76H110N19O40P5S4. The topological polar surface area (TPSA) is 740 Å². The summed E-state index contributed by atoms with van der Waals surface area (Å²) in [4.78, 5) is 178. The lowest BCUT2D eigenvalue weighted by atomic mass is 10.1. The van der Waals surface area contributed by atoms with E-state index in [0.717, 1.165) is 37.1 Å². The average Bonchev–Trinajstić information content (AvgIpc) is 1.61. The number of hydrogen-bond donors (Lipinski definition) is 12. The van der Waals surface area contributed by atoms with Crippen LogP contribution in [0.15, 0.2) is 83.7 Å². The number of ether oxygens (including phenoxy) is 16. The van der Waals surface area contributed by atoms with Crippen LogP contribution in [0.25, 0.3) is 22.3 Å². The molecule has 6 saturated heterocycles. The summed E-state index contributed by atoms with van der Waals surface area (Å²) in [6, 6.07) is 0. The Morgan fingerprint density at radius 3 is 1.19 bits per heavy atom. The summed E-state index contributed by atoms with van der Waals surface area (Å²) >= 11 is 21.6. The van der Waals surface area contributed by atoms with Gasteiger partial charge in [-0.15, -0.1) is 0 Å². The van der Waals surface area contributed by atoms with Gasteiger partial charge in [0.15, 0.2) is 54.1 Å². The summed E-state index contributed by atoms with van der Waals surface area (Å²) in [5.74, 6) is -0.329. The molecule has 6 aliphatic rings. The van der Waals surface area contributed by atoms with Crippen LogP contribution in [0, 0.1) is 27.7 Å². The van der Waals surface area contributed by atoms with Crippen LogP contribution in [0.2, 0.25) is 0 Å². The molecule has 144 heavy (non-hydrogen) atoms. The number of H-pyrrole nitrogens is 3. The highest BCUT2D eigenvalue weighted by Gasteiger charge is 2.58. The second-order valence-corrected chi connectivity index (χ2v) is 45.7. The Morgan fingerprint density at radius 1 is 0.410 bits per heavy atom. The number of aliphatic hydroxyl groups is 1. The molecule has 0 radical (unpaired) electrons. The Labute approximate surface area is 835 Å². The van der Waals surface area contributed by atoms with E-state index >= 15 is 9.13 Å². The number of rotatable bonds is 52. The first kappa shape index (κ1) is 113. The lowest BCUT2D eigenvalue weighted by Crippen LogP contribution is -2.42. The second-order valence-electron chi connectivity index (χ2n) is 33.1. The second kappa shape index (κ2) is 48.9. The van der Waals surface area contributed by atoms with E-state index < -0.39 is 248 Å². The van der Waals surface area contributed by atoms with Crippen LogP contribution in [-0.2, 0) is 166 Å². The minimum atomic E-state index is -5.88. The van der Waals surface area contributed by atoms with Gasteiger partial charge in [0.1, 0.15) is 127 Å². The van der Waals surface area contributed by atoms with Crippen molar-refractivity contribution in [3.8, 4) is 0 Å². The zero-order valence-corrected chi connectivity index (χ0v) is 86.2. The van der Waals surface area contributed by atoms with Gasteiger partial charge in [0.05, 0.1) is 124 Å². The van der Waals surface area contributed by atoms with Gasteiger partial charge in [0.2, 0.25) is 0 Å². The molecule has 0 bridgehead atoms. The third-order valence-corrected chi connectivity index (χ3v) is 30.7. The Balaban J connectivity index is 0.758. The number of phosphoric ester groups is 1. The van der Waals surface area contributed by atoms with Crippen LogP contribution in [-0.4, -0.2) is 340 Å². The third-order valence-electron chi connectivity index (χ3n) is 23.4. The molecule has 68 heteroatoms. The summed E-state index contributed by atoms with van der Waals surface area (Å²) in [6.07, 6.45) is -26.1. The standard InChI is InChI=1S/C76H110N19O40P5S4/c1-11-40-41(22-47(125-40)90-24-37(3)65(97)87-74(90)101)131-137(106,141)122-30-45-53(58(118-20-15-113-9)69(128-45)91-23-36(2)60(77)86-73(91)100)134-139(108,143)123-29-44-51(56(116-18-13-111-7)71(129-44)94-34-84-48-61(78)80-32-82-63(48)94)132-136(104,105)120-28-43-52(57(117-19-14-112-8)70(127-43)93-26-39(5)67(99)89-76(93)103)133-140(109,144)124-31-46-54(59(119-21-16-114-10)72(130-46)95-35-85-49-62(79)81-33-83-64(49)95)135-138(107,142)121-27-42-50(96)55(115-17-12-110-6)68(126-42)92-25-38(4)66(98)88-75(92)102/h23-26,32-35,40-47,50-59,68-72,96H,11-22,27-31H2,1-10H3,(H,104,105)(H,106,141)(H,107,142)(H,108,143)(H,109,144)(H2,77,86,100)(H2,78,80,82)(H2,79,81,83)(H,87,97,101)(H,88,98,102)(H,89,99,103)/t40-,41?,42-,43-,44-,45-,46-,47-,50?,51?,52?,53?,54?,55+,56+,57+,58+,59+,68-,69-,70-,71-,72-,137?,138?,139?,140?/m1/s1. The lowest BCUT2D eigenvalue weighted by molar-refractivity contribution is -0.0839. The number of imidazole rings is 2. The minimum Gasteiger partial charge on any atom is -0.387 e. The molecule has 14 heterocycles. The van der Waals surface area contributed by atoms with Crippen molar-refractivity contribution < 1.29 is 155 Å². The molecule has 8 aromatic heterocycles. The number of thiol groups is 1. The smallest absolute Gasteiger partial charge is 0.387 e. The molecule has 0 aliphatic carbocycles. The van der Waals surface area contributed by atoms with Crippen molar-refractivity contribution in [2.24, 2.45) is 0 Å². The van der Waals surface area contributed by atoms with E-state index in [1.165, 1.54) is 104 Å². The summed E-state index contributed by atoms with van der Waals surface area (Å²) in [5.41, 5.74) is 13.4. The zero-order valence-electron chi connectivity index (χ0n) is 78.4. The molecule has 0 spiro atoms. The molecule has 11 unspecified atom stereocenters. The molecule has 0 aromatic carbocycles. The molecule has 8 aromatic rings. The maximum absolute atomic E-state index is 15.5. The Morgan fingerprint density at radius 2 is 0.757 bits per heavy atom. The molecule has 6 fully saturated rings. The van der Waals surface area contributed by atoms with E-state index in [9.17, 15) is 58.2 Å². The molecule has 0 saturated carbocycles. The molecule has 14 rings (SSSR count). The number of aromatic amines is 3. The van der Waals surface area contributed by atoms with Gasteiger partial charge >= 0.3 is 57.5 Å². The summed E-state index contributed by atoms with van der Waals surface area (Å²) in [6.45, 7) is -18.5. The number of fused-ring (bicyclic) bond motifs is 2. The molecule has 798 valence electrons. The average molecular weight is 2210 g/mol. The summed E-state index contributed by atoms with van der Waals surface area (Å²) in [5, 5.41) is 11.8. The number of aromatic nitrogens is 16. The van der Waals surface area contributed by atoms with Crippen molar-refractivity contribution >= 4 is 122 Å². The fourth-order valence-corrected chi connectivity index (χ4v) is 23.2. The van der Waals surface area contributed by atoms with Gasteiger partial charge in [0.25, 0.3) is 16.7 Å². The number of aliphatic hydroxyl groups excluding tert-OH is 1. The molecule has 59 nitrogen and oxygen atoms in total. The highest BCUT2D eigenvalue weighted by Crippen LogP contribution is 2.60. The van der Waals surface area contributed by atoms with E-state index in [1.54, 1.807) is 6.92 Å². The third kappa shape index (κ3) is 26.7. The maximum Gasteiger partial charge on any atom is 0.472 e. The monoisotopic (exact) mass is 2210 g/mol. The number of nitrogens with one attached hydrogen (secondary N) is 3. The van der Waals surface area contributed by atoms with Gasteiger partial charge in [-0.25, -0.2) is 58.2 Å². The van der Waals surface area contributed by atoms with E-state index in [2.05, 4.69) is 62.1 Å². The zero-order chi connectivity index (χ0) is 104. The molecule has 28 atom stereocenters. The number of phosphoric acid groups is 1. The number of nitrogens with two attached hydrogens (primary N) is 3.